The van der Waals surface area contributed by atoms with Gasteiger partial charge in [-0.2, -0.15) is 18.4 Å². The van der Waals surface area contributed by atoms with Crippen molar-refractivity contribution in [3.05, 3.63) is 76.0 Å². The maximum Gasteiger partial charge on any atom is 0.416 e. The molecular weight excluding hydrogens is 535 g/mol. The minimum Gasteiger partial charge on any atom is -0.336 e. The molecule has 0 N–H and O–H groups in total. The fraction of sp³-hybridized carbons (Fsp3) is 0.400. The number of anilines is 1. The predicted octanol–water partition coefficient (Wildman–Crippen LogP) is 4.97. The second-order valence-electron chi connectivity index (χ2n) is 10.8. The first kappa shape index (κ1) is 28.4. The standard InChI is InChI=1S/C30H30F3N5O3/c1-18(2)36-11-13-37(14-12-36)28(40)23-15-19(17-34)7-8-22(23)27-26-24(9-10-25(26)39)38(29(41)35(27)3)21-6-4-5-20(16-21)30(31,32)33/h4-8,15-16,18,27H,9-14H2,1-3H3. The van der Waals surface area contributed by atoms with Crippen molar-refractivity contribution in [2.75, 3.05) is 38.1 Å². The van der Waals surface area contributed by atoms with Crippen LogP contribution in [-0.4, -0.2) is 71.7 Å². The Morgan fingerprint density at radius 2 is 1.73 bits per heavy atom. The average Bonchev–Trinajstić information content (AvgIpc) is 3.33. The third-order valence-corrected chi connectivity index (χ3v) is 8.09. The molecule has 1 fully saturated rings. The molecule has 41 heavy (non-hydrogen) atoms. The number of carbonyl (C=O) groups is 3. The monoisotopic (exact) mass is 565 g/mol. The van der Waals surface area contributed by atoms with Crippen LogP contribution < -0.4 is 4.90 Å². The number of nitrogens with zero attached hydrogens (tertiary/aromatic N) is 5. The Kier molecular flexibility index (Phi) is 7.38. The maximum atomic E-state index is 13.9. The quantitative estimate of drug-likeness (QED) is 0.522. The van der Waals surface area contributed by atoms with Gasteiger partial charge in [0.25, 0.3) is 5.91 Å². The molecule has 1 aliphatic carbocycles. The van der Waals surface area contributed by atoms with Gasteiger partial charge in [0.15, 0.2) is 5.78 Å². The van der Waals surface area contributed by atoms with Gasteiger partial charge in [-0.1, -0.05) is 12.1 Å². The third kappa shape index (κ3) is 5.08. The number of alkyl halides is 3. The van der Waals surface area contributed by atoms with Crippen molar-refractivity contribution < 1.29 is 27.6 Å². The van der Waals surface area contributed by atoms with Gasteiger partial charge in [-0.3, -0.25) is 19.4 Å². The Labute approximate surface area is 236 Å². The molecule has 0 radical (unpaired) electrons. The number of halogens is 3. The van der Waals surface area contributed by atoms with Crippen LogP contribution in [0, 0.1) is 11.3 Å². The first-order chi connectivity index (χ1) is 19.4. The van der Waals surface area contributed by atoms with Crippen LogP contribution in [0.5, 0.6) is 0 Å². The van der Waals surface area contributed by atoms with Gasteiger partial charge < -0.3 is 9.80 Å². The Hall–Kier alpha value is -4.17. The summed E-state index contributed by atoms with van der Waals surface area (Å²) in [5.74, 6) is -0.538. The fourth-order valence-corrected chi connectivity index (χ4v) is 5.90. The molecular formula is C30H30F3N5O3. The molecule has 3 aliphatic rings. The Morgan fingerprint density at radius 3 is 2.37 bits per heavy atom. The van der Waals surface area contributed by atoms with E-state index < -0.39 is 23.8 Å². The van der Waals surface area contributed by atoms with Gasteiger partial charge in [0, 0.05) is 62.5 Å². The lowest BCUT2D eigenvalue weighted by Gasteiger charge is -2.41. The van der Waals surface area contributed by atoms with E-state index in [-0.39, 0.29) is 46.9 Å². The number of Topliss-reactive ketones (excluding diaryl/α,β-unsaturated/α-hetero) is 1. The zero-order valence-corrected chi connectivity index (χ0v) is 23.0. The molecule has 8 nitrogen and oxygen atoms in total. The normalized spacial score (nSPS) is 20.1. The molecule has 2 aromatic carbocycles. The second-order valence-corrected chi connectivity index (χ2v) is 10.8. The molecule has 2 aromatic rings. The van der Waals surface area contributed by atoms with Crippen LogP contribution in [0.1, 0.15) is 59.8 Å². The molecule has 214 valence electrons. The van der Waals surface area contributed by atoms with E-state index in [0.717, 1.165) is 12.1 Å². The minimum atomic E-state index is -4.61. The van der Waals surface area contributed by atoms with Crippen molar-refractivity contribution in [2.45, 2.75) is 44.9 Å². The second kappa shape index (κ2) is 10.7. The molecule has 0 saturated carbocycles. The summed E-state index contributed by atoms with van der Waals surface area (Å²) in [5.41, 5.74) is 0.602. The topological polar surface area (TPSA) is 88.0 Å². The number of hydrogen-bond acceptors (Lipinski definition) is 5. The number of amides is 3. The van der Waals surface area contributed by atoms with E-state index in [1.165, 1.54) is 35.0 Å². The van der Waals surface area contributed by atoms with E-state index >= 15 is 0 Å². The van der Waals surface area contributed by atoms with Crippen LogP contribution in [0.4, 0.5) is 23.7 Å². The number of likely N-dealkylation sites (N-methyl/N-ethyl adjacent to an activating group) is 1. The summed E-state index contributed by atoms with van der Waals surface area (Å²) < 4.78 is 40.4. The lowest BCUT2D eigenvalue weighted by atomic mass is 9.88. The number of benzene rings is 2. The first-order valence-corrected chi connectivity index (χ1v) is 13.5. The van der Waals surface area contributed by atoms with Crippen LogP contribution >= 0.6 is 0 Å². The SMILES string of the molecule is CC(C)N1CCN(C(=O)c2cc(C#N)ccc2C2C3=C(CCC3=O)N(c3cccc(C(F)(F)F)c3)C(=O)N2C)CC1. The molecule has 11 heteroatoms. The number of piperazine rings is 1. The van der Waals surface area contributed by atoms with Crippen LogP contribution in [0.2, 0.25) is 0 Å². The minimum absolute atomic E-state index is 0.0106. The zero-order chi connectivity index (χ0) is 29.6. The number of allylic oxidation sites excluding steroid dienone is 1. The molecule has 3 amide bonds. The van der Waals surface area contributed by atoms with E-state index in [4.69, 9.17) is 0 Å². The molecule has 1 atom stereocenters. The zero-order valence-electron chi connectivity index (χ0n) is 23.0. The van der Waals surface area contributed by atoms with Gasteiger partial charge >= 0.3 is 12.2 Å². The van der Waals surface area contributed by atoms with E-state index in [1.54, 1.807) is 17.0 Å². The fourth-order valence-electron chi connectivity index (χ4n) is 5.90. The molecule has 2 heterocycles. The van der Waals surface area contributed by atoms with Crippen molar-refractivity contribution in [1.29, 1.82) is 5.26 Å². The molecule has 2 aliphatic heterocycles. The summed E-state index contributed by atoms with van der Waals surface area (Å²) in [4.78, 5) is 47.4. The Balaban J connectivity index is 1.59. The molecule has 1 unspecified atom stereocenters. The number of hydrogen-bond donors (Lipinski definition) is 0. The summed E-state index contributed by atoms with van der Waals surface area (Å²) in [7, 11) is 1.47. The largest absolute Gasteiger partial charge is 0.416 e. The number of carbonyl (C=O) groups excluding carboxylic acids is 3. The smallest absolute Gasteiger partial charge is 0.336 e. The van der Waals surface area contributed by atoms with Crippen molar-refractivity contribution in [3.8, 4) is 6.07 Å². The van der Waals surface area contributed by atoms with Gasteiger partial charge in [0.1, 0.15) is 0 Å². The summed E-state index contributed by atoms with van der Waals surface area (Å²) in [5, 5.41) is 9.58. The van der Waals surface area contributed by atoms with E-state index in [9.17, 15) is 32.8 Å². The number of urea groups is 1. The summed E-state index contributed by atoms with van der Waals surface area (Å²) in [6, 6.07) is 9.93. The highest BCUT2D eigenvalue weighted by Crippen LogP contribution is 2.46. The van der Waals surface area contributed by atoms with E-state index in [2.05, 4.69) is 24.8 Å². The summed E-state index contributed by atoms with van der Waals surface area (Å²) >= 11 is 0. The van der Waals surface area contributed by atoms with Crippen molar-refractivity contribution >= 4 is 23.4 Å². The van der Waals surface area contributed by atoms with Crippen LogP contribution in [-0.2, 0) is 11.0 Å². The third-order valence-electron chi connectivity index (χ3n) is 8.09. The Morgan fingerprint density at radius 1 is 1.02 bits per heavy atom. The highest BCUT2D eigenvalue weighted by molar-refractivity contribution is 6.09. The van der Waals surface area contributed by atoms with Crippen LogP contribution in [0.25, 0.3) is 0 Å². The van der Waals surface area contributed by atoms with Crippen LogP contribution in [0.15, 0.2) is 53.7 Å². The van der Waals surface area contributed by atoms with Crippen molar-refractivity contribution in [1.82, 2.24) is 14.7 Å². The molecule has 0 spiro atoms. The first-order valence-electron chi connectivity index (χ1n) is 13.5. The van der Waals surface area contributed by atoms with Gasteiger partial charge in [-0.15, -0.1) is 0 Å². The summed E-state index contributed by atoms with van der Waals surface area (Å²) in [6.45, 7) is 6.55. The van der Waals surface area contributed by atoms with Gasteiger partial charge in [-0.05, 0) is 56.2 Å². The highest BCUT2D eigenvalue weighted by Gasteiger charge is 2.46. The van der Waals surface area contributed by atoms with Gasteiger partial charge in [0.2, 0.25) is 0 Å². The molecule has 0 aromatic heterocycles. The van der Waals surface area contributed by atoms with Gasteiger partial charge in [-0.25, -0.2) is 4.79 Å². The van der Waals surface area contributed by atoms with E-state index in [0.29, 0.717) is 43.5 Å². The molecule has 5 rings (SSSR count). The lowest BCUT2D eigenvalue weighted by molar-refractivity contribution is -0.137. The molecule has 0 bridgehead atoms. The lowest BCUT2D eigenvalue weighted by Crippen LogP contribution is -2.51. The highest BCUT2D eigenvalue weighted by atomic mass is 19.4. The number of ketones is 1. The number of rotatable bonds is 4. The van der Waals surface area contributed by atoms with E-state index in [1.807, 2.05) is 0 Å². The van der Waals surface area contributed by atoms with Crippen molar-refractivity contribution in [3.63, 3.8) is 0 Å². The summed E-state index contributed by atoms with van der Waals surface area (Å²) in [6.07, 6.45) is -4.34. The Bertz CT molecular complexity index is 1480. The average molecular weight is 566 g/mol. The predicted molar refractivity (Wildman–Crippen MR) is 145 cm³/mol. The number of nitriles is 1. The maximum absolute atomic E-state index is 13.9. The molecule has 1 saturated heterocycles. The van der Waals surface area contributed by atoms with Crippen LogP contribution in [0.3, 0.4) is 0 Å². The van der Waals surface area contributed by atoms with Crippen molar-refractivity contribution in [2.24, 2.45) is 0 Å². The van der Waals surface area contributed by atoms with Gasteiger partial charge in [0.05, 0.1) is 28.9 Å².